The molecule has 1 aliphatic rings. The van der Waals surface area contributed by atoms with Crippen LogP contribution in [0.25, 0.3) is 6.08 Å². The van der Waals surface area contributed by atoms with E-state index < -0.39 is 16.2 Å². The molecule has 21 heavy (non-hydrogen) atoms. The lowest BCUT2D eigenvalue weighted by molar-refractivity contribution is -0.131. The van der Waals surface area contributed by atoms with E-state index in [1.165, 1.54) is 22.6 Å². The molecule has 0 amide bonds. The lowest BCUT2D eigenvalue weighted by Crippen LogP contribution is -2.39. The highest BCUT2D eigenvalue weighted by atomic mass is 32.2. The summed E-state index contributed by atoms with van der Waals surface area (Å²) < 4.78 is 28.2. The number of hydrogen-bond acceptors (Lipinski definition) is 4. The quantitative estimate of drug-likeness (QED) is 0.799. The van der Waals surface area contributed by atoms with Crippen LogP contribution in [0.2, 0.25) is 0 Å². The van der Waals surface area contributed by atoms with Gasteiger partial charge in [-0.3, -0.25) is 4.72 Å². The molecule has 1 aromatic rings. The lowest BCUT2D eigenvalue weighted by atomic mass is 10.2. The van der Waals surface area contributed by atoms with Crippen LogP contribution in [-0.2, 0) is 15.0 Å². The molecule has 0 spiro atoms. The van der Waals surface area contributed by atoms with E-state index in [1.54, 1.807) is 6.07 Å². The average molecular weight is 311 g/mol. The SMILES string of the molecule is O=C(O)/C=C/c1ccnc(NS(=O)(=O)N2CCCCC2)c1. The minimum Gasteiger partial charge on any atom is -0.478 e. The molecule has 2 N–H and O–H groups in total. The van der Waals surface area contributed by atoms with Gasteiger partial charge in [0.15, 0.2) is 0 Å². The van der Waals surface area contributed by atoms with Gasteiger partial charge in [0.2, 0.25) is 0 Å². The van der Waals surface area contributed by atoms with Crippen LogP contribution in [0.4, 0.5) is 5.82 Å². The first kappa shape index (κ1) is 15.5. The van der Waals surface area contributed by atoms with Gasteiger partial charge in [-0.25, -0.2) is 9.78 Å². The first-order valence-corrected chi connectivity index (χ1v) is 8.06. The third-order valence-electron chi connectivity index (χ3n) is 3.09. The zero-order valence-corrected chi connectivity index (χ0v) is 12.2. The predicted molar refractivity (Wildman–Crippen MR) is 78.9 cm³/mol. The molecule has 1 aliphatic heterocycles. The van der Waals surface area contributed by atoms with Crippen LogP contribution in [0.1, 0.15) is 24.8 Å². The number of hydrogen-bond donors (Lipinski definition) is 2. The van der Waals surface area contributed by atoms with Gasteiger partial charge in [-0.05, 0) is 36.6 Å². The predicted octanol–water partition coefficient (Wildman–Crippen LogP) is 1.32. The molecule has 0 unspecified atom stereocenters. The molecule has 2 heterocycles. The second-order valence-corrected chi connectivity index (χ2v) is 6.38. The summed E-state index contributed by atoms with van der Waals surface area (Å²) in [6.07, 6.45) is 6.54. The number of aliphatic carboxylic acids is 1. The normalized spacial score (nSPS) is 17.0. The van der Waals surface area contributed by atoms with Crippen molar-refractivity contribution in [1.29, 1.82) is 0 Å². The minimum absolute atomic E-state index is 0.174. The molecule has 0 radical (unpaired) electrons. The Morgan fingerprint density at radius 1 is 1.33 bits per heavy atom. The van der Waals surface area contributed by atoms with Crippen LogP contribution in [0.15, 0.2) is 24.4 Å². The number of carbonyl (C=O) groups is 1. The fourth-order valence-electron chi connectivity index (χ4n) is 2.08. The van der Waals surface area contributed by atoms with Gasteiger partial charge in [-0.15, -0.1) is 0 Å². The van der Waals surface area contributed by atoms with Crippen molar-refractivity contribution in [2.75, 3.05) is 17.8 Å². The van der Waals surface area contributed by atoms with Crippen LogP contribution in [0, 0.1) is 0 Å². The third-order valence-corrected chi connectivity index (χ3v) is 4.60. The van der Waals surface area contributed by atoms with Crippen LogP contribution in [0.5, 0.6) is 0 Å². The number of aromatic nitrogens is 1. The van der Waals surface area contributed by atoms with E-state index in [9.17, 15) is 13.2 Å². The van der Waals surface area contributed by atoms with Gasteiger partial charge in [0, 0.05) is 25.4 Å². The zero-order valence-electron chi connectivity index (χ0n) is 11.4. The van der Waals surface area contributed by atoms with Crippen LogP contribution < -0.4 is 4.72 Å². The van der Waals surface area contributed by atoms with Crippen LogP contribution in [-0.4, -0.2) is 41.9 Å². The summed E-state index contributed by atoms with van der Waals surface area (Å²) in [5.74, 6) is -0.893. The van der Waals surface area contributed by atoms with Gasteiger partial charge >= 0.3 is 16.2 Å². The van der Waals surface area contributed by atoms with Gasteiger partial charge in [-0.2, -0.15) is 12.7 Å². The second-order valence-electron chi connectivity index (χ2n) is 4.71. The van der Waals surface area contributed by atoms with E-state index in [2.05, 4.69) is 9.71 Å². The minimum atomic E-state index is -3.60. The number of carboxylic acids is 1. The number of carboxylic acid groups (broad SMARTS) is 1. The number of pyridine rings is 1. The molecule has 8 heteroatoms. The fraction of sp³-hybridized carbons (Fsp3) is 0.385. The van der Waals surface area contributed by atoms with Gasteiger partial charge in [-0.1, -0.05) is 6.42 Å². The van der Waals surface area contributed by atoms with Crippen molar-refractivity contribution in [2.45, 2.75) is 19.3 Å². The highest BCUT2D eigenvalue weighted by molar-refractivity contribution is 7.90. The van der Waals surface area contributed by atoms with Gasteiger partial charge in [0.1, 0.15) is 5.82 Å². The lowest BCUT2D eigenvalue weighted by Gasteiger charge is -2.25. The summed E-state index contributed by atoms with van der Waals surface area (Å²) in [5.41, 5.74) is 0.559. The number of anilines is 1. The Hall–Kier alpha value is -1.93. The second kappa shape index (κ2) is 6.68. The maximum Gasteiger partial charge on any atom is 0.328 e. The molecule has 0 saturated carbocycles. The van der Waals surface area contributed by atoms with Crippen molar-refractivity contribution in [2.24, 2.45) is 0 Å². The van der Waals surface area contributed by atoms with Crippen molar-refractivity contribution in [3.05, 3.63) is 30.0 Å². The van der Waals surface area contributed by atoms with Crippen LogP contribution in [0.3, 0.4) is 0 Å². The van der Waals surface area contributed by atoms with Crippen LogP contribution >= 0.6 is 0 Å². The Labute approximate surface area is 123 Å². The molecule has 0 aromatic carbocycles. The van der Waals surface area contributed by atoms with E-state index in [1.807, 2.05) is 0 Å². The maximum absolute atomic E-state index is 12.2. The molecule has 0 bridgehead atoms. The van der Waals surface area contributed by atoms with E-state index in [0.717, 1.165) is 25.3 Å². The molecular weight excluding hydrogens is 294 g/mol. The Morgan fingerprint density at radius 2 is 2.05 bits per heavy atom. The Bertz CT molecular complexity index is 637. The number of nitrogens with zero attached hydrogens (tertiary/aromatic N) is 2. The number of piperidine rings is 1. The zero-order chi connectivity index (χ0) is 15.3. The summed E-state index contributed by atoms with van der Waals surface area (Å²) in [5, 5.41) is 8.58. The summed E-state index contributed by atoms with van der Waals surface area (Å²) in [6.45, 7) is 1.02. The molecule has 0 atom stereocenters. The van der Waals surface area contributed by atoms with E-state index in [0.29, 0.717) is 18.7 Å². The monoisotopic (exact) mass is 311 g/mol. The summed E-state index contributed by atoms with van der Waals surface area (Å²) in [6, 6.07) is 3.08. The smallest absolute Gasteiger partial charge is 0.328 e. The van der Waals surface area contributed by atoms with E-state index in [4.69, 9.17) is 5.11 Å². The van der Waals surface area contributed by atoms with Crippen molar-refractivity contribution in [3.8, 4) is 0 Å². The third kappa shape index (κ3) is 4.54. The molecule has 0 aliphatic carbocycles. The largest absolute Gasteiger partial charge is 0.478 e. The molecule has 2 rings (SSSR count). The Morgan fingerprint density at radius 3 is 2.71 bits per heavy atom. The number of rotatable bonds is 5. The standard InChI is InChI=1S/C13H17N3O4S/c17-13(18)5-4-11-6-7-14-12(10-11)15-21(19,20)16-8-2-1-3-9-16/h4-7,10H,1-3,8-9H2,(H,14,15)(H,17,18)/b5-4+. The van der Waals surface area contributed by atoms with Crippen molar-refractivity contribution >= 4 is 28.1 Å². The highest BCUT2D eigenvalue weighted by Gasteiger charge is 2.23. The summed E-state index contributed by atoms with van der Waals surface area (Å²) in [7, 11) is -3.60. The molecule has 7 nitrogen and oxygen atoms in total. The van der Waals surface area contributed by atoms with E-state index in [-0.39, 0.29) is 5.82 Å². The van der Waals surface area contributed by atoms with E-state index >= 15 is 0 Å². The summed E-state index contributed by atoms with van der Waals surface area (Å²) >= 11 is 0. The van der Waals surface area contributed by atoms with Crippen molar-refractivity contribution in [1.82, 2.24) is 9.29 Å². The number of nitrogens with one attached hydrogen (secondary N) is 1. The molecule has 114 valence electrons. The fourth-order valence-corrected chi connectivity index (χ4v) is 3.32. The maximum atomic E-state index is 12.2. The molecule has 1 aromatic heterocycles. The van der Waals surface area contributed by atoms with Gasteiger partial charge in [0.25, 0.3) is 0 Å². The first-order chi connectivity index (χ1) is 9.97. The molecule has 1 fully saturated rings. The van der Waals surface area contributed by atoms with Crippen molar-refractivity contribution < 1.29 is 18.3 Å². The Kier molecular flexibility index (Phi) is 4.92. The van der Waals surface area contributed by atoms with Gasteiger partial charge in [0.05, 0.1) is 0 Å². The topological polar surface area (TPSA) is 99.6 Å². The first-order valence-electron chi connectivity index (χ1n) is 6.62. The average Bonchev–Trinajstić information content (AvgIpc) is 2.46. The highest BCUT2D eigenvalue weighted by Crippen LogP contribution is 2.16. The molecule has 1 saturated heterocycles. The van der Waals surface area contributed by atoms with Gasteiger partial charge < -0.3 is 5.11 Å². The Balaban J connectivity index is 2.11. The van der Waals surface area contributed by atoms with Crippen molar-refractivity contribution in [3.63, 3.8) is 0 Å². The summed E-state index contributed by atoms with van der Waals surface area (Å²) in [4.78, 5) is 14.4. The molecular formula is C13H17N3O4S.